The summed E-state index contributed by atoms with van der Waals surface area (Å²) in [5, 5.41) is 24.1. The molecule has 4 aliphatic rings. The van der Waals surface area contributed by atoms with Crippen molar-refractivity contribution in [3.8, 4) is 5.75 Å². The topological polar surface area (TPSA) is 43.3 Å². The highest BCUT2D eigenvalue weighted by Crippen LogP contribution is 2.60. The van der Waals surface area contributed by atoms with E-state index in [9.17, 15) is 10.2 Å². The molecule has 3 heteroatoms. The number of rotatable bonds is 2. The maximum Gasteiger partial charge on any atom is 0.126 e. The lowest BCUT2D eigenvalue weighted by molar-refractivity contribution is -0.950. The van der Waals surface area contributed by atoms with Gasteiger partial charge in [0.05, 0.1) is 20.1 Å². The van der Waals surface area contributed by atoms with E-state index in [4.69, 9.17) is 0 Å². The molecule has 3 nitrogen and oxygen atoms in total. The molecule has 24 heavy (non-hydrogen) atoms. The highest BCUT2D eigenvalue weighted by molar-refractivity contribution is 5.47. The highest BCUT2D eigenvalue weighted by Gasteiger charge is 2.68. The Morgan fingerprint density at radius 3 is 2.79 bits per heavy atom. The predicted molar refractivity (Wildman–Crippen MR) is 91.7 cm³/mol. The van der Waals surface area contributed by atoms with Crippen LogP contribution >= 0.6 is 0 Å². The van der Waals surface area contributed by atoms with Gasteiger partial charge in [-0.2, -0.15) is 0 Å². The maximum atomic E-state index is 12.1. The molecule has 1 aromatic carbocycles. The first kappa shape index (κ1) is 15.2. The van der Waals surface area contributed by atoms with E-state index >= 15 is 0 Å². The summed E-state index contributed by atoms with van der Waals surface area (Å²) in [4.78, 5) is 0. The molecule has 1 saturated heterocycles. The van der Waals surface area contributed by atoms with E-state index in [2.05, 4.69) is 13.1 Å². The Balaban J connectivity index is 1.67. The van der Waals surface area contributed by atoms with Crippen LogP contribution in [-0.2, 0) is 11.8 Å². The molecule has 0 amide bonds. The van der Waals surface area contributed by atoms with E-state index in [0.717, 1.165) is 49.0 Å². The van der Waals surface area contributed by atoms with Crippen LogP contribution in [-0.4, -0.2) is 41.4 Å². The third kappa shape index (κ3) is 1.86. The Hall–Kier alpha value is -1.06. The molecule has 0 radical (unpaired) electrons. The minimum atomic E-state index is -0.617. The molecule has 3 fully saturated rings. The Kier molecular flexibility index (Phi) is 3.02. The summed E-state index contributed by atoms with van der Waals surface area (Å²) in [6, 6.07) is 5.95. The predicted octanol–water partition coefficient (Wildman–Crippen LogP) is 2.49. The molecule has 1 heterocycles. The summed E-state index contributed by atoms with van der Waals surface area (Å²) in [6.45, 7) is 2.39. The summed E-state index contributed by atoms with van der Waals surface area (Å²) in [6.07, 6.45) is 9.02. The molecule has 1 N–H and O–H groups in total. The fourth-order valence-electron chi connectivity index (χ4n) is 6.61. The van der Waals surface area contributed by atoms with Crippen molar-refractivity contribution in [2.45, 2.75) is 68.4 Å². The van der Waals surface area contributed by atoms with Gasteiger partial charge in [-0.1, -0.05) is 31.0 Å². The molecule has 1 aromatic rings. The van der Waals surface area contributed by atoms with E-state index in [0.29, 0.717) is 6.04 Å². The van der Waals surface area contributed by atoms with Crippen molar-refractivity contribution in [1.29, 1.82) is 0 Å². The van der Waals surface area contributed by atoms with E-state index in [-0.39, 0.29) is 11.2 Å². The minimum absolute atomic E-state index is 0.107. The van der Waals surface area contributed by atoms with E-state index in [1.165, 1.54) is 36.9 Å². The van der Waals surface area contributed by atoms with E-state index < -0.39 is 5.60 Å². The standard InChI is InChI=1S/C21H29NO2/c1-22(14-15-4-5-15)11-10-20-8-2-3-9-21(20,24)19(22)12-16-6-7-17(23)13-18(16)20/h6-7,13,15,19,24H,2-5,8-12,14H2,1H3/t19-,20+,21+,22+/m1/s1. The normalized spacial score (nSPS) is 43.8. The first-order valence-corrected chi connectivity index (χ1v) is 9.84. The zero-order chi connectivity index (χ0) is 16.6. The summed E-state index contributed by atoms with van der Waals surface area (Å²) in [7, 11) is 2.40. The van der Waals surface area contributed by atoms with Crippen LogP contribution in [0.3, 0.4) is 0 Å². The number of quaternary nitrogens is 1. The molecule has 5 rings (SSSR count). The molecule has 0 unspecified atom stereocenters. The van der Waals surface area contributed by atoms with Crippen molar-refractivity contribution < 1.29 is 14.7 Å². The molecule has 0 aromatic heterocycles. The van der Waals surface area contributed by atoms with Gasteiger partial charge < -0.3 is 14.7 Å². The van der Waals surface area contributed by atoms with Gasteiger partial charge in [0.2, 0.25) is 0 Å². The van der Waals surface area contributed by atoms with Crippen LogP contribution in [0, 0.1) is 5.92 Å². The van der Waals surface area contributed by atoms with Crippen LogP contribution in [0.15, 0.2) is 18.2 Å². The Labute approximate surface area is 144 Å². The number of hydrogen-bond acceptors (Lipinski definition) is 2. The van der Waals surface area contributed by atoms with Gasteiger partial charge >= 0.3 is 0 Å². The van der Waals surface area contributed by atoms with Crippen LogP contribution in [0.5, 0.6) is 5.75 Å². The fraction of sp³-hybridized carbons (Fsp3) is 0.714. The first-order chi connectivity index (χ1) is 11.5. The van der Waals surface area contributed by atoms with Crippen LogP contribution < -0.4 is 5.11 Å². The van der Waals surface area contributed by atoms with Gasteiger partial charge in [-0.05, 0) is 36.8 Å². The zero-order valence-corrected chi connectivity index (χ0v) is 14.8. The number of fused-ring (bicyclic) bond motifs is 1. The van der Waals surface area contributed by atoms with Crippen LogP contribution in [0.25, 0.3) is 0 Å². The molecular formula is C21H29NO2. The Bertz CT molecular complexity index is 684. The van der Waals surface area contributed by atoms with Gasteiger partial charge in [-0.3, -0.25) is 0 Å². The van der Waals surface area contributed by atoms with Crippen molar-refractivity contribution in [3.63, 3.8) is 0 Å². The summed E-state index contributed by atoms with van der Waals surface area (Å²) >= 11 is 0. The molecule has 4 atom stereocenters. The fourth-order valence-corrected chi connectivity index (χ4v) is 6.61. The second-order valence-corrected chi connectivity index (χ2v) is 9.33. The van der Waals surface area contributed by atoms with Crippen molar-refractivity contribution in [1.82, 2.24) is 0 Å². The van der Waals surface area contributed by atoms with Crippen molar-refractivity contribution >= 4 is 0 Å². The molecule has 0 spiro atoms. The number of likely N-dealkylation sites (tertiary alicyclic amines) is 1. The van der Waals surface area contributed by atoms with E-state index in [1.807, 2.05) is 6.07 Å². The Morgan fingerprint density at radius 1 is 1.21 bits per heavy atom. The largest absolute Gasteiger partial charge is 0.872 e. The molecule has 3 aliphatic carbocycles. The van der Waals surface area contributed by atoms with Gasteiger partial charge in [-0.25, -0.2) is 0 Å². The quantitative estimate of drug-likeness (QED) is 0.848. The lowest BCUT2D eigenvalue weighted by Gasteiger charge is -2.65. The van der Waals surface area contributed by atoms with Gasteiger partial charge in [0.15, 0.2) is 0 Å². The third-order valence-corrected chi connectivity index (χ3v) is 7.98. The molecule has 1 aliphatic heterocycles. The van der Waals surface area contributed by atoms with Crippen LogP contribution in [0.1, 0.15) is 56.1 Å². The first-order valence-electron chi connectivity index (χ1n) is 9.84. The van der Waals surface area contributed by atoms with Crippen LogP contribution in [0.4, 0.5) is 0 Å². The highest BCUT2D eigenvalue weighted by atomic mass is 16.3. The second-order valence-electron chi connectivity index (χ2n) is 9.33. The number of aliphatic hydroxyl groups is 1. The van der Waals surface area contributed by atoms with Gasteiger partial charge in [0.25, 0.3) is 0 Å². The van der Waals surface area contributed by atoms with E-state index in [1.54, 1.807) is 6.07 Å². The maximum absolute atomic E-state index is 12.1. The third-order valence-electron chi connectivity index (χ3n) is 7.98. The van der Waals surface area contributed by atoms with Gasteiger partial charge in [-0.15, -0.1) is 5.75 Å². The lowest BCUT2D eigenvalue weighted by Crippen LogP contribution is -2.77. The zero-order valence-electron chi connectivity index (χ0n) is 14.8. The molecule has 130 valence electrons. The summed E-state index contributed by atoms with van der Waals surface area (Å²) < 4.78 is 1.04. The van der Waals surface area contributed by atoms with Crippen LogP contribution in [0.2, 0.25) is 0 Å². The van der Waals surface area contributed by atoms with Gasteiger partial charge in [0.1, 0.15) is 11.6 Å². The number of hydrogen-bond donors (Lipinski definition) is 1. The molecule has 2 saturated carbocycles. The molecular weight excluding hydrogens is 298 g/mol. The van der Waals surface area contributed by atoms with Crippen molar-refractivity contribution in [2.24, 2.45) is 5.92 Å². The summed E-state index contributed by atoms with van der Waals surface area (Å²) in [5.41, 5.74) is 1.76. The number of benzene rings is 1. The average Bonchev–Trinajstić information content (AvgIpc) is 3.35. The number of likely N-dealkylation sites (N-methyl/N-ethyl adjacent to an activating group) is 1. The monoisotopic (exact) mass is 327 g/mol. The average molecular weight is 327 g/mol. The summed E-state index contributed by atoms with van der Waals surface area (Å²) in [5.74, 6) is 0.982. The van der Waals surface area contributed by atoms with Crippen molar-refractivity contribution in [3.05, 3.63) is 29.3 Å². The lowest BCUT2D eigenvalue weighted by atomic mass is 9.49. The Morgan fingerprint density at radius 2 is 2.00 bits per heavy atom. The number of nitrogens with zero attached hydrogens (tertiary/aromatic N) is 1. The SMILES string of the molecule is C[N@@+]1(CC2CC2)CC[C@]23CCCC[C@]2(O)[C@H]1Cc1ccc([O-])cc13. The van der Waals surface area contributed by atoms with Gasteiger partial charge in [0, 0.05) is 24.2 Å². The van der Waals surface area contributed by atoms with Crippen molar-refractivity contribution in [2.75, 3.05) is 20.1 Å². The minimum Gasteiger partial charge on any atom is -0.872 e. The molecule has 2 bridgehead atoms. The number of piperidine rings is 1. The second kappa shape index (κ2) is 4.76. The smallest absolute Gasteiger partial charge is 0.126 e.